The minimum absolute atomic E-state index is 0.0627. The Morgan fingerprint density at radius 1 is 1.40 bits per heavy atom. The van der Waals surface area contributed by atoms with Crippen molar-refractivity contribution in [3.63, 3.8) is 0 Å². The van der Waals surface area contributed by atoms with Gasteiger partial charge < -0.3 is 10.3 Å². The van der Waals surface area contributed by atoms with Gasteiger partial charge in [-0.25, -0.2) is 4.79 Å². The maximum atomic E-state index is 12.5. The van der Waals surface area contributed by atoms with Crippen molar-refractivity contribution in [1.29, 1.82) is 0 Å². The van der Waals surface area contributed by atoms with Crippen LogP contribution < -0.4 is 16.6 Å². The van der Waals surface area contributed by atoms with Crippen LogP contribution in [0.4, 0.5) is 0 Å². The Morgan fingerprint density at radius 3 is 2.88 bits per heavy atom. The highest BCUT2D eigenvalue weighted by Gasteiger charge is 2.18. The highest BCUT2D eigenvalue weighted by atomic mass is 32.1. The van der Waals surface area contributed by atoms with Gasteiger partial charge in [-0.2, -0.15) is 11.3 Å². The number of nitrogens with one attached hydrogen (secondary N) is 2. The van der Waals surface area contributed by atoms with E-state index >= 15 is 0 Å². The minimum Gasteiger partial charge on any atom is -0.344 e. The molecule has 0 saturated heterocycles. The van der Waals surface area contributed by atoms with E-state index in [4.69, 9.17) is 0 Å². The van der Waals surface area contributed by atoms with Gasteiger partial charge in [-0.05, 0) is 40.4 Å². The van der Waals surface area contributed by atoms with E-state index in [1.54, 1.807) is 29.8 Å². The van der Waals surface area contributed by atoms with Gasteiger partial charge in [-0.1, -0.05) is 6.07 Å². The summed E-state index contributed by atoms with van der Waals surface area (Å²) in [6.45, 7) is 0. The summed E-state index contributed by atoms with van der Waals surface area (Å²) in [5, 5.41) is 6.85. The summed E-state index contributed by atoms with van der Waals surface area (Å²) in [5.74, 6) is -0.515. The molecule has 0 radical (unpaired) electrons. The third kappa shape index (κ3) is 3.92. The van der Waals surface area contributed by atoms with Crippen molar-refractivity contribution >= 4 is 17.2 Å². The molecule has 3 rings (SSSR count). The second-order valence-electron chi connectivity index (χ2n) is 5.53. The number of hydrogen-bond donors (Lipinski definition) is 2. The van der Waals surface area contributed by atoms with Crippen LogP contribution in [0.5, 0.6) is 0 Å². The van der Waals surface area contributed by atoms with Crippen molar-refractivity contribution in [3.8, 4) is 0 Å². The number of aromatic nitrogens is 3. The quantitative estimate of drug-likeness (QED) is 0.719. The molecule has 25 heavy (non-hydrogen) atoms. The zero-order valence-corrected chi connectivity index (χ0v) is 14.2. The number of H-pyrrole nitrogens is 1. The molecular formula is C17H16N4O3S. The zero-order chi connectivity index (χ0) is 17.8. The maximum absolute atomic E-state index is 12.5. The fraction of sp³-hybridized carbons (Fsp3) is 0.176. The van der Waals surface area contributed by atoms with Crippen molar-refractivity contribution in [2.75, 3.05) is 0 Å². The Morgan fingerprint density at radius 2 is 2.24 bits per heavy atom. The van der Waals surface area contributed by atoms with E-state index in [0.717, 1.165) is 21.8 Å². The predicted molar refractivity (Wildman–Crippen MR) is 94.8 cm³/mol. The lowest BCUT2D eigenvalue weighted by Gasteiger charge is -2.18. The minimum atomic E-state index is -0.631. The third-order valence-electron chi connectivity index (χ3n) is 3.80. The van der Waals surface area contributed by atoms with Gasteiger partial charge in [-0.3, -0.25) is 19.1 Å². The van der Waals surface area contributed by atoms with Gasteiger partial charge in [0.2, 0.25) is 0 Å². The largest absolute Gasteiger partial charge is 0.344 e. The average molecular weight is 356 g/mol. The van der Waals surface area contributed by atoms with Crippen molar-refractivity contribution in [2.24, 2.45) is 7.05 Å². The molecule has 7 nitrogen and oxygen atoms in total. The van der Waals surface area contributed by atoms with Crippen molar-refractivity contribution in [1.82, 2.24) is 19.9 Å². The molecule has 0 unspecified atom stereocenters. The second-order valence-corrected chi connectivity index (χ2v) is 6.31. The average Bonchev–Trinajstić information content (AvgIpc) is 3.12. The highest BCUT2D eigenvalue weighted by molar-refractivity contribution is 7.07. The van der Waals surface area contributed by atoms with Gasteiger partial charge in [0.1, 0.15) is 5.69 Å². The molecule has 3 heterocycles. The van der Waals surface area contributed by atoms with Crippen LogP contribution in [0.15, 0.2) is 57.0 Å². The first-order valence-electron chi connectivity index (χ1n) is 7.57. The number of nitrogens with zero attached hydrogens (tertiary/aromatic N) is 2. The van der Waals surface area contributed by atoms with Crippen molar-refractivity contribution < 1.29 is 4.79 Å². The summed E-state index contributed by atoms with van der Waals surface area (Å²) < 4.78 is 0.904. The third-order valence-corrected chi connectivity index (χ3v) is 4.53. The molecule has 8 heteroatoms. The van der Waals surface area contributed by atoms with Gasteiger partial charge in [0.15, 0.2) is 0 Å². The maximum Gasteiger partial charge on any atom is 0.328 e. The highest BCUT2D eigenvalue weighted by Crippen LogP contribution is 2.19. The lowest BCUT2D eigenvalue weighted by molar-refractivity contribution is 0.0930. The van der Waals surface area contributed by atoms with E-state index in [-0.39, 0.29) is 11.7 Å². The number of rotatable bonds is 5. The molecule has 0 aliphatic rings. The van der Waals surface area contributed by atoms with Crippen LogP contribution in [0.2, 0.25) is 0 Å². The number of aromatic amines is 1. The smallest absolute Gasteiger partial charge is 0.328 e. The summed E-state index contributed by atoms with van der Waals surface area (Å²) >= 11 is 1.58. The molecule has 0 bridgehead atoms. The number of thiophene rings is 1. The number of carbonyl (C=O) groups is 1. The first-order valence-corrected chi connectivity index (χ1v) is 8.51. The van der Waals surface area contributed by atoms with Gasteiger partial charge in [0.05, 0.1) is 6.04 Å². The number of hydrogen-bond acceptors (Lipinski definition) is 5. The topological polar surface area (TPSA) is 96.8 Å². The van der Waals surface area contributed by atoms with E-state index in [1.807, 2.05) is 22.9 Å². The van der Waals surface area contributed by atoms with Crippen LogP contribution in [-0.4, -0.2) is 20.4 Å². The molecule has 3 aromatic heterocycles. The molecule has 1 amide bonds. The van der Waals surface area contributed by atoms with E-state index in [2.05, 4.69) is 15.3 Å². The van der Waals surface area contributed by atoms with Gasteiger partial charge in [0.25, 0.3) is 11.5 Å². The normalized spacial score (nSPS) is 11.9. The molecule has 0 spiro atoms. The fourth-order valence-electron chi connectivity index (χ4n) is 2.39. The lowest BCUT2D eigenvalue weighted by atomic mass is 10.0. The molecule has 3 aromatic rings. The van der Waals surface area contributed by atoms with Crippen LogP contribution in [0, 0.1) is 0 Å². The molecule has 0 aliphatic carbocycles. The van der Waals surface area contributed by atoms with Crippen LogP contribution in [0.1, 0.15) is 27.7 Å². The molecule has 0 aliphatic heterocycles. The SMILES string of the molecule is Cn1c(=O)cc(C(=O)N[C@@H](Cc2ccsc2)c2cccnc2)[nH]c1=O. The number of carbonyl (C=O) groups excluding carboxylic acids is 1. The van der Waals surface area contributed by atoms with E-state index in [0.29, 0.717) is 6.42 Å². The Hall–Kier alpha value is -3.00. The molecule has 2 N–H and O–H groups in total. The summed E-state index contributed by atoms with van der Waals surface area (Å²) in [4.78, 5) is 42.5. The fourth-order valence-corrected chi connectivity index (χ4v) is 3.07. The summed E-state index contributed by atoms with van der Waals surface area (Å²) in [6.07, 6.45) is 3.92. The molecule has 1 atom stereocenters. The molecule has 0 saturated carbocycles. The van der Waals surface area contributed by atoms with Crippen LogP contribution >= 0.6 is 11.3 Å². The lowest BCUT2D eigenvalue weighted by Crippen LogP contribution is -2.37. The molecule has 0 fully saturated rings. The Labute approximate surface area is 147 Å². The standard InChI is InChI=1S/C17H16N4O3S/c1-21-15(22)8-14(20-17(21)24)16(23)19-13(7-11-4-6-25-10-11)12-3-2-5-18-9-12/h2-6,8-10,13H,7H2,1H3,(H,19,23)(H,20,24)/t13-/m0/s1. The van der Waals surface area contributed by atoms with Crippen molar-refractivity contribution in [2.45, 2.75) is 12.5 Å². The molecular weight excluding hydrogens is 340 g/mol. The van der Waals surface area contributed by atoms with E-state index in [1.165, 1.54) is 7.05 Å². The monoisotopic (exact) mass is 356 g/mol. The summed E-state index contributed by atoms with van der Waals surface area (Å²) in [7, 11) is 1.35. The Kier molecular flexibility index (Phi) is 4.90. The van der Waals surface area contributed by atoms with Crippen LogP contribution in [-0.2, 0) is 13.5 Å². The van der Waals surface area contributed by atoms with E-state index in [9.17, 15) is 14.4 Å². The molecule has 128 valence electrons. The summed E-state index contributed by atoms with van der Waals surface area (Å²) in [6, 6.07) is 6.43. The van der Waals surface area contributed by atoms with Gasteiger partial charge >= 0.3 is 5.69 Å². The van der Waals surface area contributed by atoms with E-state index < -0.39 is 17.2 Å². The summed E-state index contributed by atoms with van der Waals surface area (Å²) in [5.41, 5.74) is 0.690. The number of amides is 1. The van der Waals surface area contributed by atoms with Gasteiger partial charge in [0, 0.05) is 25.5 Å². The van der Waals surface area contributed by atoms with Crippen molar-refractivity contribution in [3.05, 3.63) is 85.1 Å². The first-order chi connectivity index (χ1) is 12.0. The first kappa shape index (κ1) is 16.8. The van der Waals surface area contributed by atoms with Crippen LogP contribution in [0.25, 0.3) is 0 Å². The number of pyridine rings is 1. The Bertz CT molecular complexity index is 946. The van der Waals surface area contributed by atoms with Crippen LogP contribution in [0.3, 0.4) is 0 Å². The predicted octanol–water partition coefficient (Wildman–Crippen LogP) is 1.24. The zero-order valence-electron chi connectivity index (χ0n) is 13.4. The molecule has 0 aromatic carbocycles. The Balaban J connectivity index is 1.88. The second kappa shape index (κ2) is 7.27. The van der Waals surface area contributed by atoms with Gasteiger partial charge in [-0.15, -0.1) is 0 Å².